The second-order valence-corrected chi connectivity index (χ2v) is 4.83. The number of fused-ring (bicyclic) bond motifs is 2. The van der Waals surface area contributed by atoms with Crippen molar-refractivity contribution >= 4 is 5.78 Å². The normalized spacial score (nSPS) is 21.4. The molecule has 1 aromatic rings. The molecule has 1 aromatic carbocycles. The molecule has 1 spiro atoms. The van der Waals surface area contributed by atoms with Crippen molar-refractivity contribution < 1.29 is 4.79 Å². The summed E-state index contributed by atoms with van der Waals surface area (Å²) in [7, 11) is 0. The smallest absolute Gasteiger partial charge is 0.164 e. The second kappa shape index (κ2) is 2.28. The van der Waals surface area contributed by atoms with Gasteiger partial charge in [0.1, 0.15) is 0 Å². The van der Waals surface area contributed by atoms with Gasteiger partial charge in [0.2, 0.25) is 0 Å². The predicted octanol–water partition coefficient (Wildman–Crippen LogP) is 2.92. The van der Waals surface area contributed by atoms with Crippen molar-refractivity contribution in [3.63, 3.8) is 0 Å². The predicted molar refractivity (Wildman–Crippen MR) is 55.8 cm³/mol. The summed E-state index contributed by atoms with van der Waals surface area (Å²) in [5.74, 6) is 0.374. The Morgan fingerprint density at radius 3 is 2.43 bits per heavy atom. The Morgan fingerprint density at radius 2 is 1.79 bits per heavy atom. The highest BCUT2D eigenvalue weighted by molar-refractivity contribution is 6.04. The minimum absolute atomic E-state index is 0.280. The summed E-state index contributed by atoms with van der Waals surface area (Å²) in [5, 5.41) is 0. The molecule has 2 aliphatic carbocycles. The maximum Gasteiger partial charge on any atom is 0.164 e. The van der Waals surface area contributed by atoms with E-state index in [2.05, 4.69) is 26.0 Å². The first-order valence-electron chi connectivity index (χ1n) is 5.28. The molecule has 2 aliphatic rings. The molecule has 0 N–H and O–H groups in total. The van der Waals surface area contributed by atoms with Crippen LogP contribution in [0.15, 0.2) is 12.1 Å². The van der Waals surface area contributed by atoms with Gasteiger partial charge in [-0.3, -0.25) is 4.79 Å². The fraction of sp³-hybridized carbons (Fsp3) is 0.462. The van der Waals surface area contributed by atoms with E-state index in [9.17, 15) is 4.79 Å². The van der Waals surface area contributed by atoms with Crippen LogP contribution in [-0.4, -0.2) is 5.78 Å². The van der Waals surface area contributed by atoms with Gasteiger partial charge in [0, 0.05) is 17.4 Å². The lowest BCUT2D eigenvalue weighted by atomic mass is 9.92. The molecule has 1 nitrogen and oxygen atoms in total. The fourth-order valence-corrected chi connectivity index (χ4v) is 2.92. The average molecular weight is 186 g/mol. The van der Waals surface area contributed by atoms with Gasteiger partial charge < -0.3 is 0 Å². The van der Waals surface area contributed by atoms with Crippen LogP contribution in [0, 0.1) is 13.8 Å². The lowest BCUT2D eigenvalue weighted by Gasteiger charge is -2.11. The minimum atomic E-state index is 0.280. The second-order valence-electron chi connectivity index (χ2n) is 4.83. The van der Waals surface area contributed by atoms with Gasteiger partial charge in [-0.05, 0) is 43.4 Å². The third-order valence-corrected chi connectivity index (χ3v) is 3.78. The molecule has 0 aromatic heterocycles. The summed E-state index contributed by atoms with van der Waals surface area (Å²) in [6.45, 7) is 4.19. The highest BCUT2D eigenvalue weighted by Crippen LogP contribution is 2.58. The lowest BCUT2D eigenvalue weighted by Crippen LogP contribution is -2.02. The van der Waals surface area contributed by atoms with Crippen molar-refractivity contribution in [3.05, 3.63) is 34.4 Å². The Morgan fingerprint density at radius 1 is 1.14 bits per heavy atom. The number of rotatable bonds is 0. The number of ketones is 1. The Bertz CT molecular complexity index is 439. The zero-order valence-corrected chi connectivity index (χ0v) is 8.68. The maximum atomic E-state index is 11.9. The number of Topliss-reactive ketones (excluding diaryl/α,β-unsaturated/α-hetero) is 1. The third kappa shape index (κ3) is 0.827. The van der Waals surface area contributed by atoms with Crippen molar-refractivity contribution in [2.75, 3.05) is 0 Å². The fourth-order valence-electron chi connectivity index (χ4n) is 2.92. The van der Waals surface area contributed by atoms with Crippen molar-refractivity contribution in [2.45, 2.75) is 38.5 Å². The van der Waals surface area contributed by atoms with E-state index >= 15 is 0 Å². The van der Waals surface area contributed by atoms with Crippen LogP contribution >= 0.6 is 0 Å². The number of hydrogen-bond acceptors (Lipinski definition) is 1. The minimum Gasteiger partial charge on any atom is -0.294 e. The Balaban J connectivity index is 2.35. The molecule has 1 fully saturated rings. The molecule has 0 radical (unpaired) electrons. The first-order valence-corrected chi connectivity index (χ1v) is 5.28. The van der Waals surface area contributed by atoms with Crippen LogP contribution in [0.25, 0.3) is 0 Å². The zero-order chi connectivity index (χ0) is 9.92. The van der Waals surface area contributed by atoms with E-state index in [1.165, 1.54) is 29.5 Å². The van der Waals surface area contributed by atoms with Gasteiger partial charge in [-0.2, -0.15) is 0 Å². The summed E-state index contributed by atoms with van der Waals surface area (Å²) >= 11 is 0. The molecule has 72 valence electrons. The van der Waals surface area contributed by atoms with Crippen molar-refractivity contribution in [1.29, 1.82) is 0 Å². The number of carbonyl (C=O) groups excluding carboxylic acids is 1. The highest BCUT2D eigenvalue weighted by atomic mass is 16.1. The van der Waals surface area contributed by atoms with Crippen molar-refractivity contribution in [3.8, 4) is 0 Å². The lowest BCUT2D eigenvalue weighted by molar-refractivity contribution is 0.0986. The molecule has 0 bridgehead atoms. The molecule has 0 aliphatic heterocycles. The number of carbonyl (C=O) groups is 1. The largest absolute Gasteiger partial charge is 0.294 e. The maximum absolute atomic E-state index is 11.9. The Kier molecular flexibility index (Phi) is 1.34. The van der Waals surface area contributed by atoms with Crippen LogP contribution in [0.2, 0.25) is 0 Å². The summed E-state index contributed by atoms with van der Waals surface area (Å²) in [6, 6.07) is 4.24. The highest BCUT2D eigenvalue weighted by Gasteiger charge is 2.53. The van der Waals surface area contributed by atoms with Gasteiger partial charge in [0.25, 0.3) is 0 Å². The summed E-state index contributed by atoms with van der Waals surface area (Å²) in [4.78, 5) is 11.9. The van der Waals surface area contributed by atoms with Crippen molar-refractivity contribution in [2.24, 2.45) is 0 Å². The SMILES string of the molecule is Cc1ccc(C)c2c1C(=O)CC21CC1. The molecule has 1 saturated carbocycles. The van der Waals surface area contributed by atoms with Crippen LogP contribution in [0.3, 0.4) is 0 Å². The first-order chi connectivity index (χ1) is 6.64. The average Bonchev–Trinajstić information content (AvgIpc) is 2.81. The van der Waals surface area contributed by atoms with Gasteiger partial charge in [0.05, 0.1) is 0 Å². The monoisotopic (exact) mass is 186 g/mol. The molecule has 14 heavy (non-hydrogen) atoms. The van der Waals surface area contributed by atoms with E-state index in [1.807, 2.05) is 0 Å². The zero-order valence-electron chi connectivity index (χ0n) is 8.68. The molecule has 0 unspecified atom stereocenters. The summed E-state index contributed by atoms with van der Waals surface area (Å²) < 4.78 is 0. The topological polar surface area (TPSA) is 17.1 Å². The summed E-state index contributed by atoms with van der Waals surface area (Å²) in [6.07, 6.45) is 3.21. The molecule has 0 saturated heterocycles. The molecule has 0 atom stereocenters. The number of aryl methyl sites for hydroxylation is 2. The molecule has 1 heteroatoms. The van der Waals surface area contributed by atoms with Crippen LogP contribution in [0.4, 0.5) is 0 Å². The molecule has 0 heterocycles. The number of hydrogen-bond donors (Lipinski definition) is 0. The van der Waals surface area contributed by atoms with Crippen LogP contribution < -0.4 is 0 Å². The first kappa shape index (κ1) is 8.22. The van der Waals surface area contributed by atoms with Gasteiger partial charge in [-0.15, -0.1) is 0 Å². The summed E-state index contributed by atoms with van der Waals surface area (Å²) in [5.41, 5.74) is 5.18. The Labute approximate surface area is 84.1 Å². The van der Waals surface area contributed by atoms with Gasteiger partial charge >= 0.3 is 0 Å². The standard InChI is InChI=1S/C13H14O/c1-8-3-4-9(2)12-11(8)10(14)7-13(12)5-6-13/h3-4H,5-7H2,1-2H3. The Hall–Kier alpha value is -1.11. The molecular weight excluding hydrogens is 172 g/mol. The van der Waals surface area contributed by atoms with Gasteiger partial charge in [0.15, 0.2) is 5.78 Å². The van der Waals surface area contributed by atoms with Gasteiger partial charge in [-0.1, -0.05) is 12.1 Å². The van der Waals surface area contributed by atoms with E-state index in [4.69, 9.17) is 0 Å². The van der Waals surface area contributed by atoms with Crippen molar-refractivity contribution in [1.82, 2.24) is 0 Å². The number of benzene rings is 1. The van der Waals surface area contributed by atoms with Crippen LogP contribution in [0.1, 0.15) is 46.3 Å². The van der Waals surface area contributed by atoms with E-state index in [0.717, 1.165) is 12.0 Å². The van der Waals surface area contributed by atoms with Gasteiger partial charge in [-0.25, -0.2) is 0 Å². The molecule has 3 rings (SSSR count). The van der Waals surface area contributed by atoms with E-state index in [-0.39, 0.29) is 5.41 Å². The van der Waals surface area contributed by atoms with Crippen LogP contribution in [0.5, 0.6) is 0 Å². The molecular formula is C13H14O. The quantitative estimate of drug-likeness (QED) is 0.609. The third-order valence-electron chi connectivity index (χ3n) is 3.78. The molecule has 0 amide bonds. The van der Waals surface area contributed by atoms with E-state index in [1.54, 1.807) is 0 Å². The van der Waals surface area contributed by atoms with E-state index in [0.29, 0.717) is 5.78 Å². The van der Waals surface area contributed by atoms with Crippen LogP contribution in [-0.2, 0) is 5.41 Å². The van der Waals surface area contributed by atoms with E-state index < -0.39 is 0 Å².